The normalized spacial score (nSPS) is 28.2. The number of nitrogens with zero attached hydrogens (tertiary/aromatic N) is 2. The van der Waals surface area contributed by atoms with E-state index in [0.29, 0.717) is 5.01 Å². The molecular formula is C6H9N3O3. The van der Waals surface area contributed by atoms with Gasteiger partial charge in [0.25, 0.3) is 0 Å². The molecule has 2 amide bonds. The number of hydrazine groups is 1. The van der Waals surface area contributed by atoms with Crippen LogP contribution in [0.1, 0.15) is 19.3 Å². The molecule has 0 radical (unpaired) electrons. The number of carbonyl (C=O) groups is 1. The van der Waals surface area contributed by atoms with Crippen LogP contribution in [-0.4, -0.2) is 22.1 Å². The van der Waals surface area contributed by atoms with E-state index in [1.54, 1.807) is 0 Å². The van der Waals surface area contributed by atoms with Crippen LogP contribution < -0.4 is 5.73 Å². The van der Waals surface area contributed by atoms with Gasteiger partial charge in [-0.25, -0.2) is 14.9 Å². The predicted octanol–water partition coefficient (Wildman–Crippen LogP) is 0.111. The Hall–Kier alpha value is -1.33. The fraction of sp³-hybridized carbons (Fsp3) is 0.833. The smallest absolute Gasteiger partial charge is 0.347 e. The summed E-state index contributed by atoms with van der Waals surface area (Å²) in [5, 5.41) is 10.2. The highest BCUT2D eigenvalue weighted by molar-refractivity contribution is 5.71. The van der Waals surface area contributed by atoms with Gasteiger partial charge in [0.2, 0.25) is 0 Å². The summed E-state index contributed by atoms with van der Waals surface area (Å²) in [5.41, 5.74) is 4.96. The molecule has 0 saturated heterocycles. The average Bonchev–Trinajstić information content (AvgIpc) is 2.76. The minimum atomic E-state index is -0.950. The second kappa shape index (κ2) is 1.88. The Kier molecular flexibility index (Phi) is 1.15. The number of amides is 2. The molecule has 6 heteroatoms. The Morgan fingerprint density at radius 3 is 2.50 bits per heavy atom. The lowest BCUT2D eigenvalue weighted by Gasteiger charge is -2.07. The summed E-state index contributed by atoms with van der Waals surface area (Å²) in [6.07, 6.45) is 2.74. The molecule has 1 atom stereocenters. The van der Waals surface area contributed by atoms with Gasteiger partial charge in [-0.15, -0.1) is 0 Å². The topological polar surface area (TPSA) is 89.5 Å². The van der Waals surface area contributed by atoms with Gasteiger partial charge in [-0.05, 0) is 29.7 Å². The van der Waals surface area contributed by atoms with E-state index in [1.807, 2.05) is 0 Å². The maximum Gasteiger partial charge on any atom is 0.373 e. The zero-order valence-electron chi connectivity index (χ0n) is 6.40. The van der Waals surface area contributed by atoms with Crippen molar-refractivity contribution < 1.29 is 9.83 Å². The number of hydrogen-bond acceptors (Lipinski definition) is 3. The van der Waals surface area contributed by atoms with Crippen molar-refractivity contribution in [3.63, 3.8) is 0 Å². The lowest BCUT2D eigenvalue weighted by atomic mass is 10.4. The molecule has 2 saturated carbocycles. The molecule has 0 bridgehead atoms. The van der Waals surface area contributed by atoms with Crippen LogP contribution in [0.2, 0.25) is 0 Å². The van der Waals surface area contributed by atoms with E-state index >= 15 is 0 Å². The van der Waals surface area contributed by atoms with Crippen LogP contribution in [0.4, 0.5) is 4.79 Å². The molecule has 6 nitrogen and oxygen atoms in total. The minimum Gasteiger partial charge on any atom is -0.347 e. The first-order valence-electron chi connectivity index (χ1n) is 3.80. The number of nitro groups is 1. The summed E-state index contributed by atoms with van der Waals surface area (Å²) in [6, 6.07) is -1.18. The number of carbonyl (C=O) groups excluding carboxylic acids is 1. The Balaban J connectivity index is 2.08. The van der Waals surface area contributed by atoms with Crippen LogP contribution in [0.3, 0.4) is 0 Å². The molecule has 1 unspecified atom stereocenters. The third-order valence-electron chi connectivity index (χ3n) is 2.74. The van der Waals surface area contributed by atoms with Gasteiger partial charge in [-0.3, -0.25) is 0 Å². The first-order chi connectivity index (χ1) is 5.57. The zero-order valence-corrected chi connectivity index (χ0v) is 6.40. The summed E-state index contributed by atoms with van der Waals surface area (Å²) in [7, 11) is 0. The molecular weight excluding hydrogens is 162 g/mol. The fourth-order valence-electron chi connectivity index (χ4n) is 1.72. The highest BCUT2D eigenvalue weighted by atomic mass is 16.7. The molecule has 12 heavy (non-hydrogen) atoms. The van der Waals surface area contributed by atoms with E-state index in [9.17, 15) is 14.9 Å². The fourth-order valence-corrected chi connectivity index (χ4v) is 1.72. The molecule has 0 aliphatic heterocycles. The van der Waals surface area contributed by atoms with E-state index in [-0.39, 0.29) is 11.5 Å². The second-order valence-corrected chi connectivity index (χ2v) is 3.50. The van der Waals surface area contributed by atoms with Crippen molar-refractivity contribution in [3.8, 4) is 0 Å². The Morgan fingerprint density at radius 2 is 2.25 bits per heavy atom. The Bertz CT molecular complexity index is 247. The van der Waals surface area contributed by atoms with Gasteiger partial charge in [-0.1, -0.05) is 0 Å². The summed E-state index contributed by atoms with van der Waals surface area (Å²) in [4.78, 5) is 21.0. The largest absolute Gasteiger partial charge is 0.373 e. The quantitative estimate of drug-likeness (QED) is 0.472. The van der Waals surface area contributed by atoms with Gasteiger partial charge in [0.15, 0.2) is 5.03 Å². The van der Waals surface area contributed by atoms with Crippen molar-refractivity contribution in [3.05, 3.63) is 10.1 Å². The molecule has 1 spiro atoms. The summed E-state index contributed by atoms with van der Waals surface area (Å²) in [5.74, 6) is 0. The highest BCUT2D eigenvalue weighted by Crippen LogP contribution is 2.67. The van der Waals surface area contributed by atoms with E-state index in [2.05, 4.69) is 0 Å². The number of nitrogens with two attached hydrogens (primary N) is 1. The monoisotopic (exact) mass is 171 g/mol. The van der Waals surface area contributed by atoms with E-state index < -0.39 is 11.1 Å². The number of primary amides is 1. The van der Waals surface area contributed by atoms with E-state index in [4.69, 9.17) is 5.73 Å². The molecule has 2 rings (SSSR count). The average molecular weight is 171 g/mol. The SMILES string of the molecule is NC(=O)N(C1CC12CC2)[N+](=O)[O-]. The third-order valence-corrected chi connectivity index (χ3v) is 2.74. The number of urea groups is 1. The van der Waals surface area contributed by atoms with Crippen molar-refractivity contribution in [1.29, 1.82) is 0 Å². The molecule has 0 heterocycles. The van der Waals surface area contributed by atoms with Gasteiger partial charge in [0.1, 0.15) is 6.04 Å². The molecule has 66 valence electrons. The van der Waals surface area contributed by atoms with Crippen molar-refractivity contribution in [2.45, 2.75) is 25.3 Å². The van der Waals surface area contributed by atoms with E-state index in [1.165, 1.54) is 0 Å². The number of rotatable bonds is 2. The maximum atomic E-state index is 10.6. The highest BCUT2D eigenvalue weighted by Gasteiger charge is 2.69. The third kappa shape index (κ3) is 0.838. The van der Waals surface area contributed by atoms with Gasteiger partial charge in [-0.2, -0.15) is 0 Å². The standard InChI is InChI=1S/C6H9N3O3/c7-5(10)8(9(11)12)4-3-6(4)1-2-6/h4H,1-3H2,(H2,7,10). The van der Waals surface area contributed by atoms with Gasteiger partial charge in [0.05, 0.1) is 0 Å². The van der Waals surface area contributed by atoms with Crippen LogP contribution in [0, 0.1) is 15.5 Å². The van der Waals surface area contributed by atoms with Crippen LogP contribution in [0.25, 0.3) is 0 Å². The molecule has 0 aromatic heterocycles. The lowest BCUT2D eigenvalue weighted by molar-refractivity contribution is -0.636. The molecule has 0 aromatic rings. The second-order valence-electron chi connectivity index (χ2n) is 3.50. The Morgan fingerprint density at radius 1 is 1.67 bits per heavy atom. The van der Waals surface area contributed by atoms with E-state index in [0.717, 1.165) is 19.3 Å². The lowest BCUT2D eigenvalue weighted by Crippen LogP contribution is -2.42. The molecule has 2 fully saturated rings. The predicted molar refractivity (Wildman–Crippen MR) is 38.5 cm³/mol. The van der Waals surface area contributed by atoms with Crippen LogP contribution in [0.5, 0.6) is 0 Å². The summed E-state index contributed by atoms with van der Waals surface area (Å²) >= 11 is 0. The molecule has 0 aromatic carbocycles. The summed E-state index contributed by atoms with van der Waals surface area (Å²) in [6.45, 7) is 0. The van der Waals surface area contributed by atoms with Gasteiger partial charge in [0, 0.05) is 0 Å². The van der Waals surface area contributed by atoms with Crippen LogP contribution in [-0.2, 0) is 0 Å². The zero-order chi connectivity index (χ0) is 8.93. The van der Waals surface area contributed by atoms with Crippen molar-refractivity contribution in [2.24, 2.45) is 11.1 Å². The summed E-state index contributed by atoms with van der Waals surface area (Å²) < 4.78 is 0. The molecule has 2 aliphatic carbocycles. The van der Waals surface area contributed by atoms with Crippen molar-refractivity contribution in [1.82, 2.24) is 5.01 Å². The van der Waals surface area contributed by atoms with Crippen molar-refractivity contribution >= 4 is 6.03 Å². The van der Waals surface area contributed by atoms with Gasteiger partial charge < -0.3 is 5.73 Å². The molecule has 2 N–H and O–H groups in total. The maximum absolute atomic E-state index is 10.6. The van der Waals surface area contributed by atoms with Crippen LogP contribution in [0.15, 0.2) is 0 Å². The minimum absolute atomic E-state index is 0.0854. The number of hydrogen-bond donors (Lipinski definition) is 1. The first kappa shape index (κ1) is 7.33. The van der Waals surface area contributed by atoms with Gasteiger partial charge >= 0.3 is 6.03 Å². The first-order valence-corrected chi connectivity index (χ1v) is 3.80. The van der Waals surface area contributed by atoms with Crippen molar-refractivity contribution in [2.75, 3.05) is 0 Å². The van der Waals surface area contributed by atoms with Crippen LogP contribution >= 0.6 is 0 Å². The molecule has 2 aliphatic rings. The Labute approximate surface area is 68.4 Å².